The zero-order valence-electron chi connectivity index (χ0n) is 8.74. The third-order valence-corrected chi connectivity index (χ3v) is 2.45. The molecule has 0 aromatic carbocycles. The van der Waals surface area contributed by atoms with E-state index in [-0.39, 0.29) is 24.3 Å². The van der Waals surface area contributed by atoms with E-state index in [1.807, 2.05) is 0 Å². The Balaban J connectivity index is 3.98. The molecule has 0 radical (unpaired) electrons. The summed E-state index contributed by atoms with van der Waals surface area (Å²) in [5.74, 6) is 0.210. The van der Waals surface area contributed by atoms with Crippen LogP contribution in [0.1, 0.15) is 13.8 Å². The zero-order chi connectivity index (χ0) is 11.7. The monoisotopic (exact) mass is 233 g/mol. The normalized spacial score (nSPS) is 11.9. The number of aliphatic hydroxyl groups is 1. The van der Waals surface area contributed by atoms with Gasteiger partial charge in [0.25, 0.3) is 0 Å². The summed E-state index contributed by atoms with van der Waals surface area (Å²) in [7, 11) is 0. The number of hydrogen-bond donors (Lipinski definition) is 3. The molecule has 0 spiro atoms. The van der Waals surface area contributed by atoms with Crippen LogP contribution in [-0.4, -0.2) is 29.4 Å². The van der Waals surface area contributed by atoms with E-state index in [1.165, 1.54) is 0 Å². The van der Waals surface area contributed by atoms with Crippen molar-refractivity contribution in [3.63, 3.8) is 0 Å². The van der Waals surface area contributed by atoms with Gasteiger partial charge in [-0.1, -0.05) is 17.0 Å². The van der Waals surface area contributed by atoms with Crippen LogP contribution in [0, 0.1) is 5.53 Å². The Kier molecular flexibility index (Phi) is 7.88. The first-order valence-corrected chi connectivity index (χ1v) is 5.27. The molecule has 0 heterocycles. The first kappa shape index (κ1) is 14.1. The smallest absolute Gasteiger partial charge is 0.219 e. The summed E-state index contributed by atoms with van der Waals surface area (Å²) in [5.41, 5.74) is 10.0. The van der Waals surface area contributed by atoms with Gasteiger partial charge in [0, 0.05) is 11.3 Å². The van der Waals surface area contributed by atoms with Gasteiger partial charge in [0.2, 0.25) is 5.12 Å². The molecule has 0 aliphatic carbocycles. The summed E-state index contributed by atoms with van der Waals surface area (Å²) in [6.45, 7) is 3.49. The number of ether oxygens (including phenoxy) is 1. The quantitative estimate of drug-likeness (QED) is 0.201. The molecule has 0 aromatic rings. The van der Waals surface area contributed by atoms with E-state index >= 15 is 0 Å². The molecule has 7 heteroatoms. The Morgan fingerprint density at radius 3 is 2.80 bits per heavy atom. The number of hydrogen-bond acceptors (Lipinski definition) is 6. The van der Waals surface area contributed by atoms with Crippen molar-refractivity contribution in [1.82, 2.24) is 5.43 Å². The maximum atomic E-state index is 11.4. The highest BCUT2D eigenvalue weighted by Gasteiger charge is 2.08. The summed E-state index contributed by atoms with van der Waals surface area (Å²) in [5, 5.41) is 11.3. The van der Waals surface area contributed by atoms with Gasteiger partial charge in [-0.2, -0.15) is 5.53 Å². The van der Waals surface area contributed by atoms with E-state index in [4.69, 9.17) is 15.4 Å². The molecule has 0 aliphatic rings. The van der Waals surface area contributed by atoms with E-state index in [2.05, 4.69) is 10.6 Å². The van der Waals surface area contributed by atoms with Gasteiger partial charge in [-0.3, -0.25) is 10.2 Å². The second kappa shape index (κ2) is 8.39. The van der Waals surface area contributed by atoms with Gasteiger partial charge < -0.3 is 9.84 Å². The van der Waals surface area contributed by atoms with E-state index in [0.29, 0.717) is 11.3 Å². The summed E-state index contributed by atoms with van der Waals surface area (Å²) < 4.78 is 4.93. The average Bonchev–Trinajstić information content (AvgIpc) is 2.23. The van der Waals surface area contributed by atoms with Crippen LogP contribution in [0.4, 0.5) is 0 Å². The minimum Gasteiger partial charge on any atom is -0.394 e. The molecule has 0 aromatic heterocycles. The average molecular weight is 233 g/mol. The van der Waals surface area contributed by atoms with Gasteiger partial charge in [-0.05, 0) is 13.8 Å². The van der Waals surface area contributed by atoms with Crippen molar-refractivity contribution in [2.75, 3.05) is 19.2 Å². The molecule has 86 valence electrons. The second-order valence-electron chi connectivity index (χ2n) is 2.66. The maximum Gasteiger partial charge on any atom is 0.219 e. The van der Waals surface area contributed by atoms with Crippen molar-refractivity contribution in [1.29, 1.82) is 5.53 Å². The number of allylic oxidation sites excluding steroid dienone is 1. The van der Waals surface area contributed by atoms with Crippen LogP contribution in [0.5, 0.6) is 0 Å². The minimum atomic E-state index is -0.137. The highest BCUT2D eigenvalue weighted by molar-refractivity contribution is 8.14. The lowest BCUT2D eigenvalue weighted by molar-refractivity contribution is -0.108. The molecule has 0 amide bonds. The molecule has 0 fully saturated rings. The summed E-state index contributed by atoms with van der Waals surface area (Å²) in [6, 6.07) is 0. The van der Waals surface area contributed by atoms with Crippen molar-refractivity contribution >= 4 is 16.9 Å². The molecular formula is C8H15N3O3S. The lowest BCUT2D eigenvalue weighted by atomic mass is 10.3. The van der Waals surface area contributed by atoms with Gasteiger partial charge >= 0.3 is 0 Å². The third kappa shape index (κ3) is 6.21. The molecule has 0 unspecified atom stereocenters. The number of carbonyl (C=O) groups excluding carboxylic acids is 1. The van der Waals surface area contributed by atoms with E-state index in [0.717, 1.165) is 11.8 Å². The Hall–Kier alpha value is -0.920. The van der Waals surface area contributed by atoms with Crippen molar-refractivity contribution in [3.8, 4) is 0 Å². The standard InChI is InChI=1S/C8H15N3O3S/c1-6(7(2)10-11-9)8(13)15-5-14-4-3-12/h12H,3-5H2,1-2H3,(H2,9,10)/b7-6+. The van der Waals surface area contributed by atoms with E-state index < -0.39 is 0 Å². The molecule has 6 nitrogen and oxygen atoms in total. The van der Waals surface area contributed by atoms with Crippen LogP contribution in [0.15, 0.2) is 16.5 Å². The van der Waals surface area contributed by atoms with Gasteiger partial charge in [0.1, 0.15) is 0 Å². The lowest BCUT2D eigenvalue weighted by Crippen LogP contribution is -2.08. The Bertz CT molecular complexity index is 256. The highest BCUT2D eigenvalue weighted by Crippen LogP contribution is 2.12. The van der Waals surface area contributed by atoms with Crippen LogP contribution in [0.25, 0.3) is 0 Å². The SMILES string of the molecule is C/C(NN=N)=C(/C)C(=O)SCOCCO. The Morgan fingerprint density at radius 1 is 1.60 bits per heavy atom. The zero-order valence-corrected chi connectivity index (χ0v) is 9.56. The third-order valence-electron chi connectivity index (χ3n) is 1.60. The topological polar surface area (TPSA) is 94.8 Å². The van der Waals surface area contributed by atoms with Crippen molar-refractivity contribution < 1.29 is 14.6 Å². The van der Waals surface area contributed by atoms with Crippen LogP contribution in [0.2, 0.25) is 0 Å². The largest absolute Gasteiger partial charge is 0.394 e. The van der Waals surface area contributed by atoms with Gasteiger partial charge in [-0.25, -0.2) is 0 Å². The first-order chi connectivity index (χ1) is 7.13. The number of aliphatic hydroxyl groups excluding tert-OH is 1. The summed E-state index contributed by atoms with van der Waals surface area (Å²) in [6.07, 6.45) is 0. The number of thioether (sulfide) groups is 1. The van der Waals surface area contributed by atoms with Crippen LogP contribution >= 0.6 is 11.8 Å². The van der Waals surface area contributed by atoms with E-state index in [1.54, 1.807) is 13.8 Å². The van der Waals surface area contributed by atoms with Crippen LogP contribution in [0.3, 0.4) is 0 Å². The molecular weight excluding hydrogens is 218 g/mol. The van der Waals surface area contributed by atoms with Crippen molar-refractivity contribution in [2.45, 2.75) is 13.8 Å². The number of carbonyl (C=O) groups is 1. The summed E-state index contributed by atoms with van der Waals surface area (Å²) in [4.78, 5) is 11.4. The number of nitrogens with zero attached hydrogens (tertiary/aromatic N) is 1. The number of rotatable bonds is 7. The molecule has 0 atom stereocenters. The van der Waals surface area contributed by atoms with Crippen LogP contribution < -0.4 is 5.43 Å². The fourth-order valence-electron chi connectivity index (χ4n) is 0.648. The molecule has 3 N–H and O–H groups in total. The molecule has 0 saturated heterocycles. The van der Waals surface area contributed by atoms with E-state index in [9.17, 15) is 4.79 Å². The molecule has 0 rings (SSSR count). The predicted molar refractivity (Wildman–Crippen MR) is 57.2 cm³/mol. The molecule has 0 bridgehead atoms. The molecule has 0 aliphatic heterocycles. The van der Waals surface area contributed by atoms with Crippen molar-refractivity contribution in [3.05, 3.63) is 11.3 Å². The highest BCUT2D eigenvalue weighted by atomic mass is 32.2. The molecule has 0 saturated carbocycles. The number of nitrogens with one attached hydrogen (secondary N) is 2. The Labute approximate surface area is 92.6 Å². The predicted octanol–water partition coefficient (Wildman–Crippen LogP) is 1.04. The Morgan fingerprint density at radius 2 is 2.27 bits per heavy atom. The van der Waals surface area contributed by atoms with Gasteiger partial charge in [0.05, 0.1) is 19.2 Å². The van der Waals surface area contributed by atoms with Gasteiger partial charge in [0.15, 0.2) is 0 Å². The van der Waals surface area contributed by atoms with Crippen molar-refractivity contribution in [2.24, 2.45) is 5.22 Å². The second-order valence-corrected chi connectivity index (χ2v) is 3.55. The fraction of sp³-hybridized carbons (Fsp3) is 0.625. The van der Waals surface area contributed by atoms with Gasteiger partial charge in [-0.15, -0.1) is 0 Å². The maximum absolute atomic E-state index is 11.4. The summed E-state index contributed by atoms with van der Waals surface area (Å²) >= 11 is 1.01. The minimum absolute atomic E-state index is 0.0537. The molecule has 15 heavy (non-hydrogen) atoms. The fourth-order valence-corrected chi connectivity index (χ4v) is 1.33. The van der Waals surface area contributed by atoms with Crippen LogP contribution in [-0.2, 0) is 9.53 Å². The lowest BCUT2D eigenvalue weighted by Gasteiger charge is -2.05. The first-order valence-electron chi connectivity index (χ1n) is 4.29.